The maximum absolute atomic E-state index is 11.4. The van der Waals surface area contributed by atoms with E-state index in [0.29, 0.717) is 13.0 Å². The second-order valence-electron chi connectivity index (χ2n) is 4.30. The molecule has 0 spiro atoms. The number of rotatable bonds is 10. The number of unbranched alkanes of at least 4 members (excludes halogenated alkanes) is 4. The molecule has 16 heavy (non-hydrogen) atoms. The van der Waals surface area contributed by atoms with E-state index >= 15 is 0 Å². The van der Waals surface area contributed by atoms with E-state index in [1.54, 1.807) is 0 Å². The summed E-state index contributed by atoms with van der Waals surface area (Å²) in [6.07, 6.45) is 6.43. The van der Waals surface area contributed by atoms with Crippen molar-refractivity contribution in [1.29, 1.82) is 0 Å². The molecule has 0 heterocycles. The molecule has 0 fully saturated rings. The molecule has 0 aliphatic heterocycles. The first kappa shape index (κ1) is 15.4. The molecule has 0 saturated carbocycles. The molecule has 0 aliphatic carbocycles. The van der Waals surface area contributed by atoms with Crippen LogP contribution >= 0.6 is 0 Å². The Labute approximate surface area is 99.9 Å². The van der Waals surface area contributed by atoms with Crippen molar-refractivity contribution in [2.24, 2.45) is 0 Å². The summed E-state index contributed by atoms with van der Waals surface area (Å²) in [7, 11) is 0. The highest BCUT2D eigenvalue weighted by Crippen LogP contribution is 2.03. The van der Waals surface area contributed by atoms with E-state index in [2.05, 4.69) is 12.2 Å². The lowest BCUT2D eigenvalue weighted by Gasteiger charge is -2.11. The zero-order valence-corrected chi connectivity index (χ0v) is 11.1. The Hall–Kier alpha value is -0.570. The molecule has 0 aromatic heterocycles. The van der Waals surface area contributed by atoms with E-state index in [1.807, 2.05) is 13.8 Å². The van der Waals surface area contributed by atoms with Crippen LogP contribution in [0.5, 0.6) is 0 Å². The fraction of sp³-hybridized carbons (Fsp3) is 0.923. The van der Waals surface area contributed by atoms with Crippen molar-refractivity contribution in [1.82, 2.24) is 5.32 Å². The number of esters is 1. The van der Waals surface area contributed by atoms with Crippen LogP contribution in [0, 0.1) is 0 Å². The number of ether oxygens (including phenoxy) is 1. The van der Waals surface area contributed by atoms with Crippen LogP contribution in [0.25, 0.3) is 0 Å². The van der Waals surface area contributed by atoms with Crippen molar-refractivity contribution in [2.45, 2.75) is 65.3 Å². The van der Waals surface area contributed by atoms with Gasteiger partial charge in [-0.2, -0.15) is 0 Å². The molecule has 0 radical (unpaired) electrons. The van der Waals surface area contributed by atoms with Crippen molar-refractivity contribution in [3.05, 3.63) is 0 Å². The topological polar surface area (TPSA) is 38.3 Å². The van der Waals surface area contributed by atoms with Gasteiger partial charge in [-0.1, -0.05) is 39.5 Å². The van der Waals surface area contributed by atoms with Gasteiger partial charge in [0.2, 0.25) is 0 Å². The lowest BCUT2D eigenvalue weighted by atomic mass is 10.2. The highest BCUT2D eigenvalue weighted by atomic mass is 16.5. The average molecular weight is 229 g/mol. The highest BCUT2D eigenvalue weighted by molar-refractivity contribution is 5.70. The van der Waals surface area contributed by atoms with Gasteiger partial charge in [-0.25, -0.2) is 0 Å². The molecule has 1 unspecified atom stereocenters. The van der Waals surface area contributed by atoms with Gasteiger partial charge in [-0.3, -0.25) is 4.79 Å². The third-order valence-corrected chi connectivity index (χ3v) is 2.54. The summed E-state index contributed by atoms with van der Waals surface area (Å²) in [6.45, 7) is 7.72. The van der Waals surface area contributed by atoms with Crippen molar-refractivity contribution < 1.29 is 9.53 Å². The Balaban J connectivity index is 3.30. The van der Waals surface area contributed by atoms with Crippen LogP contribution in [-0.4, -0.2) is 25.2 Å². The summed E-state index contributed by atoms with van der Waals surface area (Å²) in [5, 5.41) is 3.19. The molecule has 1 N–H and O–H groups in total. The van der Waals surface area contributed by atoms with E-state index in [1.165, 1.54) is 25.7 Å². The molecule has 96 valence electrons. The third-order valence-electron chi connectivity index (χ3n) is 2.54. The summed E-state index contributed by atoms with van der Waals surface area (Å²) < 4.78 is 5.16. The van der Waals surface area contributed by atoms with Crippen molar-refractivity contribution in [3.8, 4) is 0 Å². The largest absolute Gasteiger partial charge is 0.466 e. The lowest BCUT2D eigenvalue weighted by Crippen LogP contribution is -2.28. The Kier molecular flexibility index (Phi) is 10.5. The molecular weight excluding hydrogens is 202 g/mol. The Morgan fingerprint density at radius 2 is 1.88 bits per heavy atom. The molecule has 1 atom stereocenters. The minimum Gasteiger partial charge on any atom is -0.466 e. The molecule has 0 aliphatic rings. The number of hydrogen-bond donors (Lipinski definition) is 1. The zero-order chi connectivity index (χ0) is 12.2. The number of carbonyl (C=O) groups is 1. The van der Waals surface area contributed by atoms with Crippen LogP contribution in [0.1, 0.15) is 59.3 Å². The van der Waals surface area contributed by atoms with Gasteiger partial charge in [0.25, 0.3) is 0 Å². The molecule has 0 bridgehead atoms. The van der Waals surface area contributed by atoms with Gasteiger partial charge in [0.15, 0.2) is 0 Å². The van der Waals surface area contributed by atoms with Crippen LogP contribution in [0.15, 0.2) is 0 Å². The van der Waals surface area contributed by atoms with Gasteiger partial charge in [0, 0.05) is 6.04 Å². The third kappa shape index (κ3) is 9.97. The molecule has 0 amide bonds. The maximum Gasteiger partial charge on any atom is 0.307 e. The summed E-state index contributed by atoms with van der Waals surface area (Å²) in [5.74, 6) is -0.0797. The lowest BCUT2D eigenvalue weighted by molar-refractivity contribution is -0.144. The molecule has 3 heteroatoms. The summed E-state index contributed by atoms with van der Waals surface area (Å²) in [4.78, 5) is 11.4. The van der Waals surface area contributed by atoms with Gasteiger partial charge in [-0.15, -0.1) is 0 Å². The van der Waals surface area contributed by atoms with Crippen molar-refractivity contribution in [2.75, 3.05) is 13.2 Å². The van der Waals surface area contributed by atoms with Crippen LogP contribution in [0.4, 0.5) is 0 Å². The normalized spacial score (nSPS) is 12.4. The zero-order valence-electron chi connectivity index (χ0n) is 11.1. The van der Waals surface area contributed by atoms with Gasteiger partial charge in [0.05, 0.1) is 13.0 Å². The first-order chi connectivity index (χ1) is 7.70. The predicted octanol–water partition coefficient (Wildman–Crippen LogP) is 2.89. The van der Waals surface area contributed by atoms with E-state index in [9.17, 15) is 4.79 Å². The minimum atomic E-state index is -0.0797. The summed E-state index contributed by atoms with van der Waals surface area (Å²) in [6, 6.07) is 0.220. The molecule has 0 saturated heterocycles. The smallest absolute Gasteiger partial charge is 0.307 e. The van der Waals surface area contributed by atoms with E-state index < -0.39 is 0 Å². The van der Waals surface area contributed by atoms with E-state index in [4.69, 9.17) is 4.74 Å². The Morgan fingerprint density at radius 1 is 1.19 bits per heavy atom. The fourth-order valence-corrected chi connectivity index (χ4v) is 1.62. The number of carbonyl (C=O) groups excluding carboxylic acids is 1. The standard InChI is InChI=1S/C13H27NO2/c1-4-6-7-8-9-10-16-13(15)11-12(3)14-5-2/h12,14H,4-11H2,1-3H3. The van der Waals surface area contributed by atoms with Crippen LogP contribution in [0.3, 0.4) is 0 Å². The molecule has 3 nitrogen and oxygen atoms in total. The highest BCUT2D eigenvalue weighted by Gasteiger charge is 2.08. The SMILES string of the molecule is CCCCCCCOC(=O)CC(C)NCC. The average Bonchev–Trinajstić information content (AvgIpc) is 2.23. The monoisotopic (exact) mass is 229 g/mol. The van der Waals surface area contributed by atoms with Crippen LogP contribution < -0.4 is 5.32 Å². The Morgan fingerprint density at radius 3 is 2.50 bits per heavy atom. The first-order valence-electron chi connectivity index (χ1n) is 6.59. The quantitative estimate of drug-likeness (QED) is 0.462. The summed E-state index contributed by atoms with van der Waals surface area (Å²) in [5.41, 5.74) is 0. The molecule has 0 rings (SSSR count). The minimum absolute atomic E-state index is 0.0797. The molecular formula is C13H27NO2. The fourth-order valence-electron chi connectivity index (χ4n) is 1.62. The van der Waals surface area contributed by atoms with Crippen molar-refractivity contribution in [3.63, 3.8) is 0 Å². The van der Waals surface area contributed by atoms with Crippen molar-refractivity contribution >= 4 is 5.97 Å². The molecule has 0 aromatic rings. The van der Waals surface area contributed by atoms with Crippen LogP contribution in [-0.2, 0) is 9.53 Å². The van der Waals surface area contributed by atoms with Crippen LogP contribution in [0.2, 0.25) is 0 Å². The first-order valence-corrected chi connectivity index (χ1v) is 6.59. The summed E-state index contributed by atoms with van der Waals surface area (Å²) >= 11 is 0. The maximum atomic E-state index is 11.4. The van der Waals surface area contributed by atoms with E-state index in [-0.39, 0.29) is 12.0 Å². The number of hydrogen-bond acceptors (Lipinski definition) is 3. The predicted molar refractivity (Wildman–Crippen MR) is 67.5 cm³/mol. The molecule has 0 aromatic carbocycles. The Bertz CT molecular complexity index is 171. The second-order valence-corrected chi connectivity index (χ2v) is 4.30. The number of nitrogens with one attached hydrogen (secondary N) is 1. The van der Waals surface area contributed by atoms with Gasteiger partial charge >= 0.3 is 5.97 Å². The van der Waals surface area contributed by atoms with Gasteiger partial charge in [0.1, 0.15) is 0 Å². The van der Waals surface area contributed by atoms with Gasteiger partial charge in [-0.05, 0) is 19.9 Å². The van der Waals surface area contributed by atoms with E-state index in [0.717, 1.165) is 13.0 Å². The second kappa shape index (κ2) is 10.9. The van der Waals surface area contributed by atoms with Gasteiger partial charge < -0.3 is 10.1 Å².